The number of aromatic nitrogens is 1. The van der Waals surface area contributed by atoms with Gasteiger partial charge in [-0.3, -0.25) is 9.59 Å². The Morgan fingerprint density at radius 2 is 1.89 bits per heavy atom. The van der Waals surface area contributed by atoms with Crippen LogP contribution >= 0.6 is 0 Å². The van der Waals surface area contributed by atoms with Crippen LogP contribution in [0.3, 0.4) is 0 Å². The molecule has 1 amide bonds. The summed E-state index contributed by atoms with van der Waals surface area (Å²) in [5.74, 6) is 0.846. The predicted molar refractivity (Wildman–Crippen MR) is 105 cm³/mol. The fourth-order valence-electron chi connectivity index (χ4n) is 3.05. The molecular formula is C21H22N2O4. The predicted octanol–water partition coefficient (Wildman–Crippen LogP) is 2.97. The topological polar surface area (TPSA) is 69.6 Å². The van der Waals surface area contributed by atoms with Crippen molar-refractivity contribution in [3.63, 3.8) is 0 Å². The van der Waals surface area contributed by atoms with Crippen LogP contribution < -0.4 is 20.2 Å². The van der Waals surface area contributed by atoms with Crippen LogP contribution in [0.4, 0.5) is 0 Å². The van der Waals surface area contributed by atoms with Crippen molar-refractivity contribution in [2.24, 2.45) is 0 Å². The number of nitrogens with one attached hydrogen (secondary N) is 1. The average molecular weight is 366 g/mol. The number of aryl methyl sites for hydroxylation is 1. The molecule has 0 unspecified atom stereocenters. The molecule has 0 atom stereocenters. The van der Waals surface area contributed by atoms with Gasteiger partial charge in [0.25, 0.3) is 5.91 Å². The second-order valence-electron chi connectivity index (χ2n) is 6.04. The summed E-state index contributed by atoms with van der Waals surface area (Å²) in [6, 6.07) is 12.7. The quantitative estimate of drug-likeness (QED) is 0.728. The van der Waals surface area contributed by atoms with Crippen molar-refractivity contribution >= 4 is 16.8 Å². The Bertz CT molecular complexity index is 1040. The van der Waals surface area contributed by atoms with Gasteiger partial charge in [0.15, 0.2) is 0 Å². The fourth-order valence-corrected chi connectivity index (χ4v) is 3.05. The van der Waals surface area contributed by atoms with Crippen molar-refractivity contribution in [3.8, 4) is 11.5 Å². The largest absolute Gasteiger partial charge is 0.497 e. The highest BCUT2D eigenvalue weighted by Crippen LogP contribution is 2.20. The number of hydrogen-bond acceptors (Lipinski definition) is 4. The van der Waals surface area contributed by atoms with Crippen molar-refractivity contribution in [3.05, 3.63) is 70.0 Å². The molecule has 1 N–H and O–H groups in total. The van der Waals surface area contributed by atoms with Crippen molar-refractivity contribution in [2.75, 3.05) is 14.2 Å². The first-order valence-electron chi connectivity index (χ1n) is 8.70. The van der Waals surface area contributed by atoms with Crippen LogP contribution in [0, 0.1) is 0 Å². The van der Waals surface area contributed by atoms with Gasteiger partial charge in [0.05, 0.1) is 25.1 Å². The molecule has 27 heavy (non-hydrogen) atoms. The summed E-state index contributed by atoms with van der Waals surface area (Å²) in [4.78, 5) is 25.6. The standard InChI is InChI=1S/C21H22N2O4/c1-4-23-13-17(20(24)16-11-15(26-2)9-10-18(16)23)21(25)22-12-14-7-5-6-8-19(14)27-3/h5-11,13H,4,12H2,1-3H3,(H,22,25). The average Bonchev–Trinajstić information content (AvgIpc) is 2.72. The van der Waals surface area contributed by atoms with E-state index < -0.39 is 5.91 Å². The second-order valence-corrected chi connectivity index (χ2v) is 6.04. The lowest BCUT2D eigenvalue weighted by molar-refractivity contribution is 0.0949. The van der Waals surface area contributed by atoms with Crippen LogP contribution in [0.25, 0.3) is 10.9 Å². The van der Waals surface area contributed by atoms with E-state index in [4.69, 9.17) is 9.47 Å². The Hall–Kier alpha value is -3.28. The lowest BCUT2D eigenvalue weighted by atomic mass is 10.1. The SMILES string of the molecule is CCn1cc(C(=O)NCc2ccccc2OC)c(=O)c2cc(OC)ccc21. The number of pyridine rings is 1. The summed E-state index contributed by atoms with van der Waals surface area (Å²) in [6.07, 6.45) is 1.61. The molecule has 0 saturated heterocycles. The number of benzene rings is 2. The molecule has 0 fully saturated rings. The number of hydrogen-bond donors (Lipinski definition) is 1. The zero-order valence-electron chi connectivity index (χ0n) is 15.6. The number of carbonyl (C=O) groups is 1. The Balaban J connectivity index is 1.96. The monoisotopic (exact) mass is 366 g/mol. The molecule has 6 nitrogen and oxygen atoms in total. The minimum absolute atomic E-state index is 0.104. The lowest BCUT2D eigenvalue weighted by Gasteiger charge is -2.13. The molecule has 0 radical (unpaired) electrons. The summed E-state index contributed by atoms with van der Waals surface area (Å²) in [5, 5.41) is 3.27. The van der Waals surface area contributed by atoms with Crippen molar-refractivity contribution in [1.82, 2.24) is 9.88 Å². The molecule has 0 bridgehead atoms. The molecule has 1 heterocycles. The van der Waals surface area contributed by atoms with E-state index in [2.05, 4.69) is 5.32 Å². The molecule has 1 aromatic heterocycles. The maximum absolute atomic E-state index is 12.9. The van der Waals surface area contributed by atoms with Crippen molar-refractivity contribution in [1.29, 1.82) is 0 Å². The molecule has 3 rings (SSSR count). The van der Waals surface area contributed by atoms with Crippen LogP contribution in [0.1, 0.15) is 22.8 Å². The number of para-hydroxylation sites is 1. The van der Waals surface area contributed by atoms with Gasteiger partial charge in [0.2, 0.25) is 5.43 Å². The van der Waals surface area contributed by atoms with Crippen LogP contribution in [0.5, 0.6) is 11.5 Å². The summed E-state index contributed by atoms with van der Waals surface area (Å²) in [6.45, 7) is 2.87. The van der Waals surface area contributed by atoms with E-state index in [1.54, 1.807) is 32.5 Å². The number of fused-ring (bicyclic) bond motifs is 1. The van der Waals surface area contributed by atoms with E-state index in [-0.39, 0.29) is 17.5 Å². The summed E-state index contributed by atoms with van der Waals surface area (Å²) >= 11 is 0. The summed E-state index contributed by atoms with van der Waals surface area (Å²) in [5.41, 5.74) is 1.40. The number of carbonyl (C=O) groups excluding carboxylic acids is 1. The first kappa shape index (κ1) is 18.5. The normalized spacial score (nSPS) is 10.6. The number of rotatable bonds is 6. The highest BCUT2D eigenvalue weighted by molar-refractivity contribution is 5.97. The van der Waals surface area contributed by atoms with Gasteiger partial charge in [-0.05, 0) is 31.2 Å². The van der Waals surface area contributed by atoms with E-state index in [0.29, 0.717) is 23.4 Å². The van der Waals surface area contributed by atoms with Crippen LogP contribution in [0.2, 0.25) is 0 Å². The van der Waals surface area contributed by atoms with Crippen LogP contribution in [0.15, 0.2) is 53.5 Å². The molecule has 140 valence electrons. The molecule has 3 aromatic rings. The maximum atomic E-state index is 12.9. The molecule has 0 aliphatic heterocycles. The van der Waals surface area contributed by atoms with E-state index in [1.807, 2.05) is 41.8 Å². The van der Waals surface area contributed by atoms with E-state index in [0.717, 1.165) is 11.1 Å². The Kier molecular flexibility index (Phi) is 5.45. The highest BCUT2D eigenvalue weighted by Gasteiger charge is 2.16. The van der Waals surface area contributed by atoms with Gasteiger partial charge in [-0.2, -0.15) is 0 Å². The Morgan fingerprint density at radius 3 is 2.59 bits per heavy atom. The third kappa shape index (κ3) is 3.65. The molecule has 0 aliphatic carbocycles. The first-order chi connectivity index (χ1) is 13.1. The summed E-state index contributed by atoms with van der Waals surface area (Å²) in [7, 11) is 3.13. The zero-order valence-corrected chi connectivity index (χ0v) is 15.6. The number of nitrogens with zero attached hydrogens (tertiary/aromatic N) is 1. The van der Waals surface area contributed by atoms with E-state index in [1.165, 1.54) is 0 Å². The minimum atomic E-state index is -0.419. The Morgan fingerprint density at radius 1 is 1.11 bits per heavy atom. The lowest BCUT2D eigenvalue weighted by Crippen LogP contribution is -2.29. The molecule has 0 spiro atoms. The molecule has 0 aliphatic rings. The molecule has 2 aromatic carbocycles. The third-order valence-corrected chi connectivity index (χ3v) is 4.50. The highest BCUT2D eigenvalue weighted by atomic mass is 16.5. The molecule has 6 heteroatoms. The second kappa shape index (κ2) is 7.95. The minimum Gasteiger partial charge on any atom is -0.497 e. The number of methoxy groups -OCH3 is 2. The van der Waals surface area contributed by atoms with Crippen LogP contribution in [-0.4, -0.2) is 24.7 Å². The molecule has 0 saturated carbocycles. The van der Waals surface area contributed by atoms with E-state index in [9.17, 15) is 9.59 Å². The maximum Gasteiger partial charge on any atom is 0.257 e. The van der Waals surface area contributed by atoms with Crippen molar-refractivity contribution in [2.45, 2.75) is 20.0 Å². The van der Waals surface area contributed by atoms with Gasteiger partial charge in [-0.1, -0.05) is 18.2 Å². The third-order valence-electron chi connectivity index (χ3n) is 4.50. The summed E-state index contributed by atoms with van der Waals surface area (Å²) < 4.78 is 12.4. The number of amides is 1. The zero-order chi connectivity index (χ0) is 19.4. The fraction of sp³-hybridized carbons (Fsp3) is 0.238. The molecular weight excluding hydrogens is 344 g/mol. The first-order valence-corrected chi connectivity index (χ1v) is 8.70. The Labute approximate surface area is 157 Å². The van der Waals surface area contributed by atoms with E-state index >= 15 is 0 Å². The van der Waals surface area contributed by atoms with Gasteiger partial charge in [0, 0.05) is 24.8 Å². The smallest absolute Gasteiger partial charge is 0.257 e. The van der Waals surface area contributed by atoms with Gasteiger partial charge >= 0.3 is 0 Å². The van der Waals surface area contributed by atoms with Crippen molar-refractivity contribution < 1.29 is 14.3 Å². The number of ether oxygens (including phenoxy) is 2. The van der Waals surface area contributed by atoms with Gasteiger partial charge in [0.1, 0.15) is 17.1 Å². The van der Waals surface area contributed by atoms with Gasteiger partial charge < -0.3 is 19.4 Å². The van der Waals surface area contributed by atoms with Gasteiger partial charge in [-0.25, -0.2) is 0 Å². The van der Waals surface area contributed by atoms with Gasteiger partial charge in [-0.15, -0.1) is 0 Å². The van der Waals surface area contributed by atoms with Crippen LogP contribution in [-0.2, 0) is 13.1 Å².